The quantitative estimate of drug-likeness (QED) is 0.573. The maximum atomic E-state index is 13.2. The number of nitrogen functional groups attached to an aromatic ring is 1. The van der Waals surface area contributed by atoms with E-state index < -0.39 is 0 Å². The molecule has 0 radical (unpaired) electrons. The number of aromatic nitrogens is 4. The fourth-order valence-electron chi connectivity index (χ4n) is 2.86. The maximum absolute atomic E-state index is 13.2. The Hall–Kier alpha value is -3.00. The first-order valence-corrected chi connectivity index (χ1v) is 9.19. The Balaban J connectivity index is 1.73. The van der Waals surface area contributed by atoms with Gasteiger partial charge in [0.15, 0.2) is 5.65 Å². The molecule has 0 saturated heterocycles. The van der Waals surface area contributed by atoms with Crippen LogP contribution in [0, 0.1) is 5.82 Å². The molecule has 1 aliphatic carbocycles. The van der Waals surface area contributed by atoms with E-state index in [0.29, 0.717) is 34.5 Å². The molecule has 0 aliphatic heterocycles. The summed E-state index contributed by atoms with van der Waals surface area (Å²) in [6.45, 7) is 0. The molecule has 6 nitrogen and oxygen atoms in total. The van der Waals surface area contributed by atoms with Crippen LogP contribution >= 0.6 is 11.3 Å². The summed E-state index contributed by atoms with van der Waals surface area (Å²) in [6.07, 6.45) is 2.25. The summed E-state index contributed by atoms with van der Waals surface area (Å²) in [5.41, 5.74) is 8.35. The maximum Gasteiger partial charge on any atom is 0.225 e. The van der Waals surface area contributed by atoms with Crippen LogP contribution in [0.5, 0.6) is 0 Å². The summed E-state index contributed by atoms with van der Waals surface area (Å²) in [7, 11) is 0. The molecule has 3 N–H and O–H groups in total. The van der Waals surface area contributed by atoms with Gasteiger partial charge in [0, 0.05) is 6.04 Å². The van der Waals surface area contributed by atoms with Gasteiger partial charge < -0.3 is 11.1 Å². The van der Waals surface area contributed by atoms with Gasteiger partial charge in [-0.05, 0) is 48.6 Å². The lowest BCUT2D eigenvalue weighted by molar-refractivity contribution is 0.627. The standard InChI is InChI=1S/C18H15FN6S/c19-10-3-7-12(8-4-10)25-16(20)14-15(13-2-1-9-26-13)22-18(21-11-5-6-11)23-17(14)24-25/h1-4,7-9,11H,5-6,20H2,(H,21,23,24). The van der Waals surface area contributed by atoms with Crippen molar-refractivity contribution >= 4 is 34.1 Å². The van der Waals surface area contributed by atoms with Gasteiger partial charge in [-0.3, -0.25) is 0 Å². The number of benzene rings is 1. The first-order valence-electron chi connectivity index (χ1n) is 8.31. The van der Waals surface area contributed by atoms with Crippen molar-refractivity contribution in [2.45, 2.75) is 18.9 Å². The van der Waals surface area contributed by atoms with Crippen LogP contribution in [0.25, 0.3) is 27.3 Å². The van der Waals surface area contributed by atoms with Crippen LogP contribution in [0.15, 0.2) is 41.8 Å². The van der Waals surface area contributed by atoms with Crippen molar-refractivity contribution in [3.8, 4) is 16.3 Å². The molecule has 26 heavy (non-hydrogen) atoms. The molecule has 0 bridgehead atoms. The number of hydrogen-bond donors (Lipinski definition) is 2. The van der Waals surface area contributed by atoms with Gasteiger partial charge in [-0.15, -0.1) is 16.4 Å². The number of hydrogen-bond acceptors (Lipinski definition) is 6. The molecule has 5 rings (SSSR count). The van der Waals surface area contributed by atoms with E-state index in [0.717, 1.165) is 23.4 Å². The van der Waals surface area contributed by atoms with Crippen LogP contribution in [-0.4, -0.2) is 25.8 Å². The number of fused-ring (bicyclic) bond motifs is 1. The Morgan fingerprint density at radius 2 is 1.96 bits per heavy atom. The van der Waals surface area contributed by atoms with Crippen LogP contribution in [0.4, 0.5) is 16.2 Å². The number of nitrogens with zero attached hydrogens (tertiary/aromatic N) is 4. The van der Waals surface area contributed by atoms with Gasteiger partial charge in [0.1, 0.15) is 11.6 Å². The second-order valence-electron chi connectivity index (χ2n) is 6.26. The van der Waals surface area contributed by atoms with Gasteiger partial charge in [-0.1, -0.05) is 6.07 Å². The number of halogens is 1. The molecule has 130 valence electrons. The second-order valence-corrected chi connectivity index (χ2v) is 7.21. The van der Waals surface area contributed by atoms with Crippen molar-refractivity contribution < 1.29 is 4.39 Å². The largest absolute Gasteiger partial charge is 0.383 e. The summed E-state index contributed by atoms with van der Waals surface area (Å²) in [5.74, 6) is 0.694. The van der Waals surface area contributed by atoms with E-state index in [1.807, 2.05) is 17.5 Å². The van der Waals surface area contributed by atoms with Gasteiger partial charge in [0.05, 0.1) is 21.6 Å². The minimum absolute atomic E-state index is 0.306. The first kappa shape index (κ1) is 15.3. The molecule has 0 atom stereocenters. The molecule has 1 aliphatic rings. The number of anilines is 2. The van der Waals surface area contributed by atoms with E-state index in [1.165, 1.54) is 12.1 Å². The third kappa shape index (κ3) is 2.59. The van der Waals surface area contributed by atoms with Crippen molar-refractivity contribution in [2.24, 2.45) is 0 Å². The lowest BCUT2D eigenvalue weighted by atomic mass is 10.2. The molecule has 3 heterocycles. The minimum atomic E-state index is -0.306. The molecule has 8 heteroatoms. The molecule has 0 amide bonds. The third-order valence-corrected chi connectivity index (χ3v) is 5.18. The monoisotopic (exact) mass is 366 g/mol. The SMILES string of the molecule is Nc1c2c(-c3cccs3)nc(NC3CC3)nc2nn1-c1ccc(F)cc1. The Kier molecular flexibility index (Phi) is 3.39. The van der Waals surface area contributed by atoms with Crippen molar-refractivity contribution in [3.05, 3.63) is 47.6 Å². The van der Waals surface area contributed by atoms with Gasteiger partial charge >= 0.3 is 0 Å². The summed E-state index contributed by atoms with van der Waals surface area (Å²) >= 11 is 1.59. The highest BCUT2D eigenvalue weighted by Crippen LogP contribution is 2.35. The number of nitrogens with one attached hydrogen (secondary N) is 1. The van der Waals surface area contributed by atoms with Crippen molar-refractivity contribution in [1.29, 1.82) is 0 Å². The molecule has 1 aromatic carbocycles. The van der Waals surface area contributed by atoms with E-state index in [9.17, 15) is 4.39 Å². The van der Waals surface area contributed by atoms with E-state index >= 15 is 0 Å². The summed E-state index contributed by atoms with van der Waals surface area (Å²) in [6, 6.07) is 10.4. The van der Waals surface area contributed by atoms with Crippen molar-refractivity contribution in [2.75, 3.05) is 11.1 Å². The molecule has 4 aromatic rings. The minimum Gasteiger partial charge on any atom is -0.383 e. The Morgan fingerprint density at radius 3 is 2.65 bits per heavy atom. The molecule has 0 spiro atoms. The fraction of sp³-hybridized carbons (Fsp3) is 0.167. The van der Waals surface area contributed by atoms with E-state index in [-0.39, 0.29) is 5.82 Å². The Morgan fingerprint density at radius 1 is 1.15 bits per heavy atom. The van der Waals surface area contributed by atoms with Crippen molar-refractivity contribution in [3.63, 3.8) is 0 Å². The van der Waals surface area contributed by atoms with Crippen LogP contribution in [-0.2, 0) is 0 Å². The van der Waals surface area contributed by atoms with Gasteiger partial charge in [0.25, 0.3) is 0 Å². The van der Waals surface area contributed by atoms with Crippen molar-refractivity contribution in [1.82, 2.24) is 19.7 Å². The zero-order valence-corrected chi connectivity index (χ0v) is 14.5. The highest BCUT2D eigenvalue weighted by Gasteiger charge is 2.24. The second kappa shape index (κ2) is 5.77. The lowest BCUT2D eigenvalue weighted by Gasteiger charge is -2.06. The summed E-state index contributed by atoms with van der Waals surface area (Å²) in [4.78, 5) is 10.2. The zero-order chi connectivity index (χ0) is 17.7. The third-order valence-electron chi connectivity index (χ3n) is 4.31. The molecule has 1 fully saturated rings. The van der Waals surface area contributed by atoms with E-state index in [1.54, 1.807) is 28.2 Å². The van der Waals surface area contributed by atoms with Gasteiger partial charge in [-0.25, -0.2) is 14.1 Å². The van der Waals surface area contributed by atoms with E-state index in [4.69, 9.17) is 10.7 Å². The average Bonchev–Trinajstić information content (AvgIpc) is 3.17. The summed E-state index contributed by atoms with van der Waals surface area (Å²) < 4.78 is 14.8. The fourth-order valence-corrected chi connectivity index (χ4v) is 3.58. The highest BCUT2D eigenvalue weighted by atomic mass is 32.1. The van der Waals surface area contributed by atoms with Crippen LogP contribution in [0.2, 0.25) is 0 Å². The van der Waals surface area contributed by atoms with E-state index in [2.05, 4.69) is 15.4 Å². The van der Waals surface area contributed by atoms with Crippen LogP contribution in [0.3, 0.4) is 0 Å². The topological polar surface area (TPSA) is 81.7 Å². The van der Waals surface area contributed by atoms with Crippen LogP contribution < -0.4 is 11.1 Å². The smallest absolute Gasteiger partial charge is 0.225 e. The normalized spacial score (nSPS) is 14.0. The molecule has 1 saturated carbocycles. The molecular formula is C18H15FN6S. The molecular weight excluding hydrogens is 351 g/mol. The molecule has 0 unspecified atom stereocenters. The van der Waals surface area contributed by atoms with Gasteiger partial charge in [0.2, 0.25) is 5.95 Å². The number of nitrogens with two attached hydrogens (primary N) is 1. The predicted octanol–water partition coefficient (Wildman–Crippen LogP) is 3.84. The van der Waals surface area contributed by atoms with Crippen LogP contribution in [0.1, 0.15) is 12.8 Å². The average molecular weight is 366 g/mol. The number of rotatable bonds is 4. The summed E-state index contributed by atoms with van der Waals surface area (Å²) in [5, 5.41) is 10.6. The lowest BCUT2D eigenvalue weighted by Crippen LogP contribution is -2.06. The predicted molar refractivity (Wildman–Crippen MR) is 101 cm³/mol. The van der Waals surface area contributed by atoms with Gasteiger partial charge in [-0.2, -0.15) is 4.98 Å². The Labute approximate surface area is 152 Å². The Bertz CT molecular complexity index is 1080. The zero-order valence-electron chi connectivity index (χ0n) is 13.7. The first-order chi connectivity index (χ1) is 12.7. The number of thiophene rings is 1. The highest BCUT2D eigenvalue weighted by molar-refractivity contribution is 7.13. The molecule has 3 aromatic heterocycles.